The zero-order valence-electron chi connectivity index (χ0n) is 13.7. The van der Waals surface area contributed by atoms with E-state index in [-0.39, 0.29) is 5.75 Å². The summed E-state index contributed by atoms with van der Waals surface area (Å²) in [5.41, 5.74) is 5.35. The highest BCUT2D eigenvalue weighted by Crippen LogP contribution is 1.98. The lowest BCUT2D eigenvalue weighted by molar-refractivity contribution is -0.143. The number of amides is 3. The second-order valence-corrected chi connectivity index (χ2v) is 5.63. The van der Waals surface area contributed by atoms with E-state index in [4.69, 9.17) is 15.9 Å². The van der Waals surface area contributed by atoms with Gasteiger partial charge in [-0.05, 0) is 13.8 Å². The smallest absolute Gasteiger partial charge is 0.327 e. The number of nitrogens with two attached hydrogens (primary N) is 1. The monoisotopic (exact) mass is 378 g/mol. The number of carboxylic acid groups (broad SMARTS) is 2. The van der Waals surface area contributed by atoms with Crippen LogP contribution in [0.4, 0.5) is 0 Å². The van der Waals surface area contributed by atoms with Gasteiger partial charge in [-0.1, -0.05) is 0 Å². The molecule has 4 unspecified atom stereocenters. The van der Waals surface area contributed by atoms with Gasteiger partial charge in [-0.2, -0.15) is 12.6 Å². The minimum atomic E-state index is -1.53. The summed E-state index contributed by atoms with van der Waals surface area (Å²) in [6, 6.07) is -4.82. The first kappa shape index (κ1) is 22.7. The topological polar surface area (TPSA) is 188 Å². The number of hydrogen-bond donors (Lipinski definition) is 7. The zero-order valence-corrected chi connectivity index (χ0v) is 14.6. The fraction of sp³-hybridized carbons (Fsp3) is 0.615. The number of thiol groups is 1. The highest BCUT2D eigenvalue weighted by atomic mass is 32.1. The third-order valence-corrected chi connectivity index (χ3v) is 3.34. The van der Waals surface area contributed by atoms with E-state index in [0.29, 0.717) is 0 Å². The molecule has 0 fully saturated rings. The summed E-state index contributed by atoms with van der Waals surface area (Å²) in [4.78, 5) is 57.3. The zero-order chi connectivity index (χ0) is 19.7. The predicted octanol–water partition coefficient (Wildman–Crippen LogP) is -2.70. The third kappa shape index (κ3) is 8.35. The lowest BCUT2D eigenvalue weighted by Crippen LogP contribution is -2.56. The average Bonchev–Trinajstić information content (AvgIpc) is 2.50. The van der Waals surface area contributed by atoms with Gasteiger partial charge in [-0.15, -0.1) is 0 Å². The highest BCUT2D eigenvalue weighted by molar-refractivity contribution is 7.80. The number of hydrogen-bond acceptors (Lipinski definition) is 7. The Bertz CT molecular complexity index is 540. The van der Waals surface area contributed by atoms with E-state index in [1.54, 1.807) is 0 Å². The van der Waals surface area contributed by atoms with E-state index < -0.39 is 60.2 Å². The Balaban J connectivity index is 5.00. The van der Waals surface area contributed by atoms with Gasteiger partial charge in [0.15, 0.2) is 0 Å². The SMILES string of the molecule is CC(N)C(=O)NC(C)C(=O)NC(CC(=O)O)C(=O)NC(CS)C(=O)O. The molecular weight excluding hydrogens is 356 g/mol. The van der Waals surface area contributed by atoms with Gasteiger partial charge in [-0.3, -0.25) is 19.2 Å². The maximum atomic E-state index is 12.0. The molecule has 0 aromatic carbocycles. The van der Waals surface area contributed by atoms with Gasteiger partial charge in [0, 0.05) is 5.75 Å². The molecule has 0 aliphatic carbocycles. The van der Waals surface area contributed by atoms with Crippen molar-refractivity contribution in [3.63, 3.8) is 0 Å². The molecule has 4 atom stereocenters. The number of carbonyl (C=O) groups is 5. The molecule has 0 radical (unpaired) electrons. The van der Waals surface area contributed by atoms with Gasteiger partial charge in [0.25, 0.3) is 0 Å². The van der Waals surface area contributed by atoms with Crippen LogP contribution in [-0.4, -0.2) is 69.8 Å². The Morgan fingerprint density at radius 2 is 1.44 bits per heavy atom. The first-order valence-electron chi connectivity index (χ1n) is 7.21. The summed E-state index contributed by atoms with van der Waals surface area (Å²) in [5, 5.41) is 24.2. The van der Waals surface area contributed by atoms with E-state index in [9.17, 15) is 24.0 Å². The minimum Gasteiger partial charge on any atom is -0.481 e. The maximum absolute atomic E-state index is 12.0. The first-order chi connectivity index (χ1) is 11.5. The molecule has 0 bridgehead atoms. The number of carboxylic acids is 2. The second-order valence-electron chi connectivity index (χ2n) is 5.26. The van der Waals surface area contributed by atoms with Crippen LogP contribution in [0.25, 0.3) is 0 Å². The summed E-state index contributed by atoms with van der Waals surface area (Å²) >= 11 is 3.77. The fourth-order valence-corrected chi connectivity index (χ4v) is 1.80. The molecule has 0 aromatic heterocycles. The van der Waals surface area contributed by atoms with Crippen molar-refractivity contribution >= 4 is 42.3 Å². The first-order valence-corrected chi connectivity index (χ1v) is 7.85. The number of rotatable bonds is 10. The summed E-state index contributed by atoms with van der Waals surface area (Å²) < 4.78 is 0. The molecule has 0 spiro atoms. The Morgan fingerprint density at radius 3 is 1.84 bits per heavy atom. The van der Waals surface area contributed by atoms with Crippen LogP contribution in [0.1, 0.15) is 20.3 Å². The summed E-state index contributed by atoms with van der Waals surface area (Å²) in [7, 11) is 0. The van der Waals surface area contributed by atoms with E-state index in [2.05, 4.69) is 28.6 Å². The van der Waals surface area contributed by atoms with Gasteiger partial charge in [0.1, 0.15) is 18.1 Å². The summed E-state index contributed by atoms with van der Waals surface area (Å²) in [6.07, 6.45) is -0.773. The number of carbonyl (C=O) groups excluding carboxylic acids is 3. The Kier molecular flexibility index (Phi) is 9.53. The second kappa shape index (κ2) is 10.5. The quantitative estimate of drug-likeness (QED) is 0.200. The van der Waals surface area contributed by atoms with Crippen LogP contribution in [0.3, 0.4) is 0 Å². The summed E-state index contributed by atoms with van der Waals surface area (Å²) in [6.45, 7) is 2.73. The molecule has 0 heterocycles. The molecule has 25 heavy (non-hydrogen) atoms. The molecule has 7 N–H and O–H groups in total. The van der Waals surface area contributed by atoms with Crippen LogP contribution >= 0.6 is 12.6 Å². The highest BCUT2D eigenvalue weighted by Gasteiger charge is 2.29. The lowest BCUT2D eigenvalue weighted by Gasteiger charge is -2.22. The molecule has 12 heteroatoms. The fourth-order valence-electron chi connectivity index (χ4n) is 1.55. The van der Waals surface area contributed by atoms with Crippen LogP contribution in [0.2, 0.25) is 0 Å². The van der Waals surface area contributed by atoms with Crippen LogP contribution in [-0.2, 0) is 24.0 Å². The maximum Gasteiger partial charge on any atom is 0.327 e. The number of aliphatic carboxylic acids is 2. The normalized spacial score (nSPS) is 15.2. The average molecular weight is 378 g/mol. The van der Waals surface area contributed by atoms with E-state index in [1.165, 1.54) is 13.8 Å². The molecule has 0 saturated carbocycles. The van der Waals surface area contributed by atoms with Gasteiger partial charge in [0.2, 0.25) is 17.7 Å². The van der Waals surface area contributed by atoms with Gasteiger partial charge >= 0.3 is 11.9 Å². The Labute approximate surface area is 149 Å². The van der Waals surface area contributed by atoms with Crippen LogP contribution < -0.4 is 21.7 Å². The molecule has 0 saturated heterocycles. The Morgan fingerprint density at radius 1 is 0.920 bits per heavy atom. The Hall–Kier alpha value is -2.34. The molecule has 142 valence electrons. The molecule has 0 aromatic rings. The summed E-state index contributed by atoms with van der Waals surface area (Å²) in [5.74, 6) is -5.40. The van der Waals surface area contributed by atoms with Crippen molar-refractivity contribution in [2.45, 2.75) is 44.4 Å². The van der Waals surface area contributed by atoms with Crippen LogP contribution in [0.15, 0.2) is 0 Å². The number of nitrogens with one attached hydrogen (secondary N) is 3. The van der Waals surface area contributed by atoms with Crippen molar-refractivity contribution < 1.29 is 34.2 Å². The van der Waals surface area contributed by atoms with E-state index >= 15 is 0 Å². The standard InChI is InChI=1S/C13H22N4O7S/c1-5(14)10(20)15-6(2)11(21)16-7(3-9(18)19)12(22)17-8(4-25)13(23)24/h5-8,25H,3-4,14H2,1-2H3,(H,15,20)(H,16,21)(H,17,22)(H,18,19)(H,23,24). The van der Waals surface area contributed by atoms with Crippen molar-refractivity contribution in [1.29, 1.82) is 0 Å². The van der Waals surface area contributed by atoms with Crippen molar-refractivity contribution in [3.05, 3.63) is 0 Å². The largest absolute Gasteiger partial charge is 0.481 e. The van der Waals surface area contributed by atoms with Crippen molar-refractivity contribution in [2.24, 2.45) is 5.73 Å². The van der Waals surface area contributed by atoms with Crippen molar-refractivity contribution in [3.8, 4) is 0 Å². The minimum absolute atomic E-state index is 0.227. The molecule has 0 aliphatic rings. The van der Waals surface area contributed by atoms with Crippen LogP contribution in [0.5, 0.6) is 0 Å². The van der Waals surface area contributed by atoms with Crippen molar-refractivity contribution in [2.75, 3.05) is 5.75 Å². The van der Waals surface area contributed by atoms with Gasteiger partial charge < -0.3 is 31.9 Å². The van der Waals surface area contributed by atoms with Crippen LogP contribution in [0, 0.1) is 0 Å². The molecular formula is C13H22N4O7S. The lowest BCUT2D eigenvalue weighted by atomic mass is 10.1. The van der Waals surface area contributed by atoms with Gasteiger partial charge in [0.05, 0.1) is 12.5 Å². The predicted molar refractivity (Wildman–Crippen MR) is 88.9 cm³/mol. The van der Waals surface area contributed by atoms with E-state index in [0.717, 1.165) is 0 Å². The third-order valence-electron chi connectivity index (χ3n) is 2.97. The van der Waals surface area contributed by atoms with Gasteiger partial charge in [-0.25, -0.2) is 4.79 Å². The van der Waals surface area contributed by atoms with E-state index in [1.807, 2.05) is 0 Å². The van der Waals surface area contributed by atoms with Crippen molar-refractivity contribution in [1.82, 2.24) is 16.0 Å². The molecule has 0 aliphatic heterocycles. The molecule has 3 amide bonds. The molecule has 11 nitrogen and oxygen atoms in total. The molecule has 0 rings (SSSR count).